The van der Waals surface area contributed by atoms with E-state index >= 15 is 0 Å². The summed E-state index contributed by atoms with van der Waals surface area (Å²) in [5.41, 5.74) is 3.34. The average Bonchev–Trinajstić information content (AvgIpc) is 3.54. The van der Waals surface area contributed by atoms with Crippen LogP contribution in [0.25, 0.3) is 11.3 Å². The van der Waals surface area contributed by atoms with Gasteiger partial charge in [-0.05, 0) is 49.2 Å². The fraction of sp³-hybridized carbons (Fsp3) is 0.333. The van der Waals surface area contributed by atoms with Crippen molar-refractivity contribution in [2.45, 2.75) is 38.6 Å². The van der Waals surface area contributed by atoms with E-state index in [1.165, 1.54) is 0 Å². The number of rotatable bonds is 5. The number of furan rings is 1. The molecule has 3 aromatic rings. The Kier molecular flexibility index (Phi) is 5.90. The van der Waals surface area contributed by atoms with Gasteiger partial charge in [0.2, 0.25) is 5.91 Å². The molecule has 0 saturated heterocycles. The molecular weight excluding hydrogens is 416 g/mol. The highest BCUT2D eigenvalue weighted by Gasteiger charge is 2.26. The maximum atomic E-state index is 13.0. The first-order chi connectivity index (χ1) is 16.1. The zero-order chi connectivity index (χ0) is 22.8. The van der Waals surface area contributed by atoms with E-state index < -0.39 is 0 Å². The molecule has 1 fully saturated rings. The number of carbonyl (C=O) groups excluding carboxylic acids is 2. The van der Waals surface area contributed by atoms with Gasteiger partial charge in [0.05, 0.1) is 7.11 Å². The number of fused-ring (bicyclic) bond motifs is 1. The fourth-order valence-corrected chi connectivity index (χ4v) is 4.77. The Balaban J connectivity index is 1.31. The van der Waals surface area contributed by atoms with Crippen molar-refractivity contribution in [2.24, 2.45) is 5.92 Å². The van der Waals surface area contributed by atoms with Gasteiger partial charge in [0.15, 0.2) is 0 Å². The maximum Gasteiger partial charge on any atom is 0.254 e. The van der Waals surface area contributed by atoms with Gasteiger partial charge in [0.25, 0.3) is 5.91 Å². The summed E-state index contributed by atoms with van der Waals surface area (Å²) in [6.45, 7) is 1.11. The second kappa shape index (κ2) is 9.14. The first-order valence-electron chi connectivity index (χ1n) is 11.6. The fourth-order valence-electron chi connectivity index (χ4n) is 4.77. The summed E-state index contributed by atoms with van der Waals surface area (Å²) in [6.07, 6.45) is 4.88. The van der Waals surface area contributed by atoms with Gasteiger partial charge in [-0.1, -0.05) is 31.0 Å². The van der Waals surface area contributed by atoms with Crippen LogP contribution in [0.3, 0.4) is 0 Å². The molecule has 2 amide bonds. The Bertz CT molecular complexity index is 1180. The van der Waals surface area contributed by atoms with Gasteiger partial charge < -0.3 is 19.4 Å². The van der Waals surface area contributed by atoms with E-state index in [9.17, 15) is 9.59 Å². The van der Waals surface area contributed by atoms with Gasteiger partial charge in [-0.15, -0.1) is 0 Å². The zero-order valence-electron chi connectivity index (χ0n) is 18.8. The Morgan fingerprint density at radius 2 is 1.88 bits per heavy atom. The van der Waals surface area contributed by atoms with Crippen LogP contribution in [0.1, 0.15) is 47.4 Å². The van der Waals surface area contributed by atoms with E-state index in [0.717, 1.165) is 54.0 Å². The number of benzene rings is 2. The van der Waals surface area contributed by atoms with Crippen LogP contribution in [-0.2, 0) is 17.8 Å². The van der Waals surface area contributed by atoms with Crippen LogP contribution in [0, 0.1) is 5.92 Å². The Labute approximate surface area is 193 Å². The summed E-state index contributed by atoms with van der Waals surface area (Å²) in [5.74, 6) is 2.56. The average molecular weight is 445 g/mol. The molecule has 2 heterocycles. The van der Waals surface area contributed by atoms with E-state index in [1.54, 1.807) is 13.2 Å². The smallest absolute Gasteiger partial charge is 0.254 e. The van der Waals surface area contributed by atoms with Gasteiger partial charge in [0, 0.05) is 47.8 Å². The third-order valence-electron chi connectivity index (χ3n) is 6.61. The molecular formula is C27H28N2O4. The minimum Gasteiger partial charge on any atom is -0.497 e. The first kappa shape index (κ1) is 21.3. The van der Waals surface area contributed by atoms with Crippen molar-refractivity contribution in [1.82, 2.24) is 4.90 Å². The zero-order valence-corrected chi connectivity index (χ0v) is 18.8. The van der Waals surface area contributed by atoms with Gasteiger partial charge >= 0.3 is 0 Å². The van der Waals surface area contributed by atoms with Gasteiger partial charge in [-0.25, -0.2) is 0 Å². The molecule has 1 aromatic heterocycles. The minimum absolute atomic E-state index is 0.0149. The summed E-state index contributed by atoms with van der Waals surface area (Å²) in [4.78, 5) is 27.4. The molecule has 1 aliphatic carbocycles. The standard InChI is InChI=1S/C27H28N2O4/c1-32-23-11-5-9-20(15-23)27(31)29-13-12-24-21(17-29)16-25(33-24)19-8-4-10-22(14-19)28-26(30)18-6-2-3-7-18/h4-5,8-11,14-16,18H,2-3,6-7,12-13,17H2,1H3,(H,28,30). The number of nitrogens with one attached hydrogen (secondary N) is 1. The number of methoxy groups -OCH3 is 1. The van der Waals surface area contributed by atoms with Crippen molar-refractivity contribution >= 4 is 17.5 Å². The molecule has 6 nitrogen and oxygen atoms in total. The number of hydrogen-bond donors (Lipinski definition) is 1. The van der Waals surface area contributed by atoms with Gasteiger partial charge in [-0.2, -0.15) is 0 Å². The van der Waals surface area contributed by atoms with Crippen molar-refractivity contribution in [3.63, 3.8) is 0 Å². The van der Waals surface area contributed by atoms with E-state index in [-0.39, 0.29) is 17.7 Å². The molecule has 0 bridgehead atoms. The normalized spacial score (nSPS) is 15.8. The predicted molar refractivity (Wildman–Crippen MR) is 126 cm³/mol. The highest BCUT2D eigenvalue weighted by Crippen LogP contribution is 2.32. The molecule has 170 valence electrons. The molecule has 0 unspecified atom stereocenters. The second-order valence-corrected chi connectivity index (χ2v) is 8.82. The second-order valence-electron chi connectivity index (χ2n) is 8.82. The highest BCUT2D eigenvalue weighted by atomic mass is 16.5. The van der Waals surface area contributed by atoms with Crippen LogP contribution in [0.5, 0.6) is 5.75 Å². The van der Waals surface area contributed by atoms with Crippen LogP contribution in [-0.4, -0.2) is 30.4 Å². The van der Waals surface area contributed by atoms with Gasteiger partial charge in [0.1, 0.15) is 17.3 Å². The lowest BCUT2D eigenvalue weighted by molar-refractivity contribution is -0.119. The van der Waals surface area contributed by atoms with Crippen molar-refractivity contribution in [1.29, 1.82) is 0 Å². The monoisotopic (exact) mass is 444 g/mol. The maximum absolute atomic E-state index is 13.0. The topological polar surface area (TPSA) is 71.8 Å². The van der Waals surface area contributed by atoms with Crippen molar-refractivity contribution < 1.29 is 18.7 Å². The summed E-state index contributed by atoms with van der Waals surface area (Å²) < 4.78 is 11.4. The molecule has 6 heteroatoms. The number of carbonyl (C=O) groups is 2. The SMILES string of the molecule is COc1cccc(C(=O)N2CCc3oc(-c4cccc(NC(=O)C5CCCC5)c4)cc3C2)c1. The largest absolute Gasteiger partial charge is 0.497 e. The highest BCUT2D eigenvalue weighted by molar-refractivity contribution is 5.95. The molecule has 0 spiro atoms. The molecule has 0 radical (unpaired) electrons. The number of hydrogen-bond acceptors (Lipinski definition) is 4. The van der Waals surface area contributed by atoms with Crippen molar-refractivity contribution in [3.8, 4) is 17.1 Å². The number of ether oxygens (including phenoxy) is 1. The molecule has 5 rings (SSSR count). The van der Waals surface area contributed by atoms with Crippen LogP contribution >= 0.6 is 0 Å². The Hall–Kier alpha value is -3.54. The first-order valence-corrected chi connectivity index (χ1v) is 11.6. The quantitative estimate of drug-likeness (QED) is 0.581. The van der Waals surface area contributed by atoms with E-state index in [0.29, 0.717) is 30.8 Å². The summed E-state index contributed by atoms with van der Waals surface area (Å²) in [5, 5.41) is 3.06. The summed E-state index contributed by atoms with van der Waals surface area (Å²) in [7, 11) is 1.60. The number of anilines is 1. The summed E-state index contributed by atoms with van der Waals surface area (Å²) >= 11 is 0. The molecule has 1 saturated carbocycles. The van der Waals surface area contributed by atoms with Crippen LogP contribution in [0.2, 0.25) is 0 Å². The van der Waals surface area contributed by atoms with Gasteiger partial charge in [-0.3, -0.25) is 9.59 Å². The predicted octanol–water partition coefficient (Wildman–Crippen LogP) is 5.28. The third kappa shape index (κ3) is 4.51. The molecule has 2 aliphatic rings. The Morgan fingerprint density at radius 3 is 2.70 bits per heavy atom. The molecule has 1 N–H and O–H groups in total. The lowest BCUT2D eigenvalue weighted by Crippen LogP contribution is -2.35. The van der Waals surface area contributed by atoms with Crippen molar-refractivity contribution in [3.05, 3.63) is 71.5 Å². The molecule has 0 atom stereocenters. The molecule has 33 heavy (non-hydrogen) atoms. The third-order valence-corrected chi connectivity index (χ3v) is 6.61. The minimum atomic E-state index is -0.0149. The van der Waals surface area contributed by atoms with Crippen LogP contribution in [0.4, 0.5) is 5.69 Å². The van der Waals surface area contributed by atoms with E-state index in [1.807, 2.05) is 53.4 Å². The van der Waals surface area contributed by atoms with Crippen LogP contribution in [0.15, 0.2) is 59.0 Å². The van der Waals surface area contributed by atoms with E-state index in [2.05, 4.69) is 5.32 Å². The lowest BCUT2D eigenvalue weighted by Gasteiger charge is -2.26. The molecule has 2 aromatic carbocycles. The summed E-state index contributed by atoms with van der Waals surface area (Å²) in [6, 6.07) is 17.0. The molecule has 1 aliphatic heterocycles. The van der Waals surface area contributed by atoms with E-state index in [4.69, 9.17) is 9.15 Å². The number of amides is 2. The number of nitrogens with zero attached hydrogens (tertiary/aromatic N) is 1. The Morgan fingerprint density at radius 1 is 1.06 bits per heavy atom. The van der Waals surface area contributed by atoms with Crippen LogP contribution < -0.4 is 10.1 Å². The van der Waals surface area contributed by atoms with Crippen molar-refractivity contribution in [2.75, 3.05) is 19.0 Å². The lowest BCUT2D eigenvalue weighted by atomic mass is 10.1.